The molecule has 140 valence electrons. The van der Waals surface area contributed by atoms with E-state index in [0.717, 1.165) is 37.7 Å². The first kappa shape index (κ1) is 16.8. The van der Waals surface area contributed by atoms with Gasteiger partial charge in [0.25, 0.3) is 0 Å². The van der Waals surface area contributed by atoms with Crippen molar-refractivity contribution >= 4 is 17.6 Å². The number of aliphatic hydroxyl groups is 1. The highest BCUT2D eigenvalue weighted by Gasteiger charge is 2.60. The molecule has 4 saturated carbocycles. The largest absolute Gasteiger partial charge is 0.390 e. The molecule has 0 spiro atoms. The van der Waals surface area contributed by atoms with E-state index in [0.29, 0.717) is 24.3 Å². The van der Waals surface area contributed by atoms with Crippen molar-refractivity contribution in [3.63, 3.8) is 0 Å². The van der Waals surface area contributed by atoms with Crippen LogP contribution in [-0.2, 0) is 5.54 Å². The standard InChI is InChI=1S/C20H24ClFN2O2/c1-19(14-2-3-16(22)15(21)6-14)10-23-18(25)24(19)17-12-4-11-5-13(17)9-20(26,7-11)8-12/h2-3,6,11-13,17,26H,4-5,7-10H2,1H3,(H,23,25). The Kier molecular flexibility index (Phi) is 3.46. The van der Waals surface area contributed by atoms with Crippen molar-refractivity contribution in [3.05, 3.63) is 34.6 Å². The molecule has 4 nitrogen and oxygen atoms in total. The lowest BCUT2D eigenvalue weighted by Gasteiger charge is -2.61. The van der Waals surface area contributed by atoms with Crippen LogP contribution in [0.5, 0.6) is 0 Å². The number of hydrogen-bond donors (Lipinski definition) is 2. The summed E-state index contributed by atoms with van der Waals surface area (Å²) in [6.45, 7) is 2.52. The summed E-state index contributed by atoms with van der Waals surface area (Å²) in [6.07, 6.45) is 4.67. The van der Waals surface area contributed by atoms with E-state index >= 15 is 0 Å². The Morgan fingerprint density at radius 2 is 1.96 bits per heavy atom. The molecule has 6 heteroatoms. The molecule has 4 aliphatic carbocycles. The van der Waals surface area contributed by atoms with Gasteiger partial charge in [-0.25, -0.2) is 9.18 Å². The Hall–Kier alpha value is -1.33. The van der Waals surface area contributed by atoms with Gasteiger partial charge in [-0.3, -0.25) is 0 Å². The third-order valence-corrected chi connectivity index (χ3v) is 7.65. The van der Waals surface area contributed by atoms with Crippen molar-refractivity contribution < 1.29 is 14.3 Å². The second-order valence-corrected chi connectivity index (χ2v) is 9.52. The van der Waals surface area contributed by atoms with E-state index in [1.54, 1.807) is 12.1 Å². The first-order chi connectivity index (χ1) is 12.3. The molecular weight excluding hydrogens is 355 g/mol. The normalized spacial score (nSPS) is 43.8. The summed E-state index contributed by atoms with van der Waals surface area (Å²) in [5.74, 6) is 0.821. The second-order valence-electron chi connectivity index (χ2n) is 9.12. The highest BCUT2D eigenvalue weighted by atomic mass is 35.5. The fourth-order valence-electron chi connectivity index (χ4n) is 6.56. The number of halogens is 2. The van der Waals surface area contributed by atoms with Crippen LogP contribution in [0, 0.1) is 23.6 Å². The van der Waals surface area contributed by atoms with E-state index in [1.165, 1.54) is 6.07 Å². The number of hydrogen-bond acceptors (Lipinski definition) is 2. The second kappa shape index (κ2) is 5.35. The van der Waals surface area contributed by atoms with Crippen molar-refractivity contribution in [2.24, 2.45) is 17.8 Å². The average Bonchev–Trinajstić information content (AvgIpc) is 2.85. The number of amides is 2. The number of carbonyl (C=O) groups excluding carboxylic acids is 1. The van der Waals surface area contributed by atoms with E-state index in [-0.39, 0.29) is 17.1 Å². The topological polar surface area (TPSA) is 52.6 Å². The molecule has 1 aromatic carbocycles. The molecule has 2 amide bonds. The molecule has 0 radical (unpaired) electrons. The van der Waals surface area contributed by atoms with Crippen LogP contribution < -0.4 is 5.32 Å². The molecule has 1 saturated heterocycles. The van der Waals surface area contributed by atoms with E-state index in [9.17, 15) is 14.3 Å². The number of urea groups is 1. The summed E-state index contributed by atoms with van der Waals surface area (Å²) in [5.41, 5.74) is -0.231. The molecule has 4 bridgehead atoms. The highest BCUT2D eigenvalue weighted by Crippen LogP contribution is 2.58. The summed E-state index contributed by atoms with van der Waals surface area (Å²) < 4.78 is 13.7. The van der Waals surface area contributed by atoms with Crippen LogP contribution in [0.15, 0.2) is 18.2 Å². The van der Waals surface area contributed by atoms with Gasteiger partial charge >= 0.3 is 6.03 Å². The SMILES string of the molecule is CC1(c2ccc(F)c(Cl)c2)CNC(=O)N1C1C2CC3CC1CC(O)(C3)C2. The third kappa shape index (κ3) is 2.26. The fraction of sp³-hybridized carbons (Fsp3) is 0.650. The predicted molar refractivity (Wildman–Crippen MR) is 96.3 cm³/mol. The number of carbonyl (C=O) groups is 1. The molecular formula is C20H24ClFN2O2. The first-order valence-electron chi connectivity index (χ1n) is 9.54. The molecule has 26 heavy (non-hydrogen) atoms. The lowest BCUT2D eigenvalue weighted by atomic mass is 9.51. The van der Waals surface area contributed by atoms with Crippen LogP contribution >= 0.6 is 11.6 Å². The van der Waals surface area contributed by atoms with Gasteiger partial charge in [0.2, 0.25) is 0 Å². The molecule has 1 aliphatic heterocycles. The average molecular weight is 379 g/mol. The molecule has 3 unspecified atom stereocenters. The van der Waals surface area contributed by atoms with Gasteiger partial charge in [0.05, 0.1) is 16.2 Å². The Bertz CT molecular complexity index is 771. The van der Waals surface area contributed by atoms with Gasteiger partial charge in [-0.1, -0.05) is 17.7 Å². The molecule has 3 atom stereocenters. The van der Waals surface area contributed by atoms with Crippen LogP contribution in [-0.4, -0.2) is 34.2 Å². The van der Waals surface area contributed by atoms with Gasteiger partial charge in [-0.2, -0.15) is 0 Å². The summed E-state index contributed by atoms with van der Waals surface area (Å²) in [4.78, 5) is 14.9. The molecule has 0 aromatic heterocycles. The zero-order valence-corrected chi connectivity index (χ0v) is 15.6. The van der Waals surface area contributed by atoms with Gasteiger partial charge in [-0.05, 0) is 74.5 Å². The molecule has 5 aliphatic rings. The number of nitrogens with zero attached hydrogens (tertiary/aromatic N) is 1. The van der Waals surface area contributed by atoms with Crippen LogP contribution in [0.3, 0.4) is 0 Å². The highest BCUT2D eigenvalue weighted by molar-refractivity contribution is 6.30. The third-order valence-electron chi connectivity index (χ3n) is 7.37. The van der Waals surface area contributed by atoms with Crippen LogP contribution in [0.1, 0.15) is 44.6 Å². The van der Waals surface area contributed by atoms with E-state index in [1.807, 2.05) is 11.8 Å². The summed E-state index contributed by atoms with van der Waals surface area (Å²) >= 11 is 6.03. The zero-order valence-electron chi connectivity index (χ0n) is 14.8. The lowest BCUT2D eigenvalue weighted by molar-refractivity contribution is -0.160. The summed E-state index contributed by atoms with van der Waals surface area (Å²) in [5, 5.41) is 13.9. The van der Waals surface area contributed by atoms with Crippen LogP contribution in [0.25, 0.3) is 0 Å². The minimum absolute atomic E-state index is 0.0580. The predicted octanol–water partition coefficient (Wildman–Crippen LogP) is 3.66. The Morgan fingerprint density at radius 3 is 2.58 bits per heavy atom. The number of rotatable bonds is 2. The maximum absolute atomic E-state index is 13.7. The summed E-state index contributed by atoms with van der Waals surface area (Å²) in [7, 11) is 0. The Labute approximate surface area is 157 Å². The van der Waals surface area contributed by atoms with Crippen molar-refractivity contribution in [1.29, 1.82) is 0 Å². The minimum Gasteiger partial charge on any atom is -0.390 e. The monoisotopic (exact) mass is 378 g/mol. The van der Waals surface area contributed by atoms with Gasteiger partial charge < -0.3 is 15.3 Å². The molecule has 1 aromatic rings. The van der Waals surface area contributed by atoms with E-state index in [2.05, 4.69) is 5.32 Å². The van der Waals surface area contributed by atoms with Gasteiger partial charge in [0.1, 0.15) is 5.82 Å². The minimum atomic E-state index is -0.558. The molecule has 1 heterocycles. The fourth-order valence-corrected chi connectivity index (χ4v) is 6.74. The van der Waals surface area contributed by atoms with Gasteiger partial charge in [0, 0.05) is 12.6 Å². The van der Waals surface area contributed by atoms with Gasteiger partial charge in [-0.15, -0.1) is 0 Å². The Morgan fingerprint density at radius 1 is 1.27 bits per heavy atom. The van der Waals surface area contributed by atoms with Crippen molar-refractivity contribution in [2.45, 2.75) is 56.2 Å². The van der Waals surface area contributed by atoms with Crippen molar-refractivity contribution in [1.82, 2.24) is 10.2 Å². The molecule has 6 rings (SSSR count). The van der Waals surface area contributed by atoms with Crippen molar-refractivity contribution in [2.75, 3.05) is 6.54 Å². The maximum Gasteiger partial charge on any atom is 0.318 e. The Balaban J connectivity index is 1.54. The van der Waals surface area contributed by atoms with E-state index < -0.39 is 17.0 Å². The lowest BCUT2D eigenvalue weighted by Crippen LogP contribution is -2.64. The van der Waals surface area contributed by atoms with Crippen LogP contribution in [0.2, 0.25) is 5.02 Å². The van der Waals surface area contributed by atoms with Crippen molar-refractivity contribution in [3.8, 4) is 0 Å². The quantitative estimate of drug-likeness (QED) is 0.825. The van der Waals surface area contributed by atoms with E-state index in [4.69, 9.17) is 11.6 Å². The first-order valence-corrected chi connectivity index (χ1v) is 9.92. The smallest absolute Gasteiger partial charge is 0.318 e. The zero-order chi connectivity index (χ0) is 18.3. The summed E-state index contributed by atoms with van der Waals surface area (Å²) in [6, 6.07) is 4.83. The van der Waals surface area contributed by atoms with Gasteiger partial charge in [0.15, 0.2) is 0 Å². The number of nitrogens with one attached hydrogen (secondary N) is 1. The molecule has 5 fully saturated rings. The van der Waals surface area contributed by atoms with Crippen LogP contribution in [0.4, 0.5) is 9.18 Å². The number of benzene rings is 1. The maximum atomic E-state index is 13.7. The molecule has 2 N–H and O–H groups in total.